The Balaban J connectivity index is 2.19. The van der Waals surface area contributed by atoms with Crippen LogP contribution in [0.1, 0.15) is 10.4 Å². The van der Waals surface area contributed by atoms with E-state index in [4.69, 9.17) is 16.0 Å². The van der Waals surface area contributed by atoms with Crippen LogP contribution in [0, 0.1) is 0 Å². The van der Waals surface area contributed by atoms with Crippen molar-refractivity contribution in [1.82, 2.24) is 4.98 Å². The number of aromatic carboxylic acids is 1. The minimum atomic E-state index is -4.17. The number of oxazole rings is 1. The van der Waals surface area contributed by atoms with Crippen molar-refractivity contribution in [2.75, 3.05) is 4.31 Å². The quantitative estimate of drug-likeness (QED) is 0.728. The fourth-order valence-electron chi connectivity index (χ4n) is 2.19. The highest BCUT2D eigenvalue weighted by Gasteiger charge is 2.30. The van der Waals surface area contributed by atoms with E-state index in [0.717, 1.165) is 16.8 Å². The van der Waals surface area contributed by atoms with Gasteiger partial charge in [-0.1, -0.05) is 29.8 Å². The molecule has 0 fully saturated rings. The van der Waals surface area contributed by atoms with Gasteiger partial charge in [0.25, 0.3) is 10.0 Å². The summed E-state index contributed by atoms with van der Waals surface area (Å²) >= 11 is 5.82. The highest BCUT2D eigenvalue weighted by molar-refractivity contribution is 7.93. The summed E-state index contributed by atoms with van der Waals surface area (Å²) in [5.41, 5.74) is -0.000557. The number of sulfonamides is 1. The summed E-state index contributed by atoms with van der Waals surface area (Å²) in [4.78, 5) is 14.8. The lowest BCUT2D eigenvalue weighted by Gasteiger charge is -2.21. The van der Waals surface area contributed by atoms with Crippen molar-refractivity contribution < 1.29 is 22.7 Å². The van der Waals surface area contributed by atoms with Crippen LogP contribution >= 0.6 is 11.6 Å². The van der Waals surface area contributed by atoms with Crippen molar-refractivity contribution in [3.8, 4) is 0 Å². The number of halogens is 1. The van der Waals surface area contributed by atoms with Gasteiger partial charge in [-0.05, 0) is 30.3 Å². The smallest absolute Gasteiger partial charge is 0.337 e. The average molecular weight is 379 g/mol. The standard InChI is InChI=1S/C16H11ClN2O5S/c17-14-7-6-12(8-13(14)16(20)21)25(22,23)19(15-9-18-10-24-15)11-4-2-1-3-5-11/h1-10H,(H,20,21). The van der Waals surface area contributed by atoms with E-state index in [1.54, 1.807) is 30.3 Å². The molecule has 1 heterocycles. The van der Waals surface area contributed by atoms with Gasteiger partial charge in [0, 0.05) is 0 Å². The summed E-state index contributed by atoms with van der Waals surface area (Å²) in [5, 5.41) is 9.12. The molecule has 0 spiro atoms. The van der Waals surface area contributed by atoms with Crippen LogP contribution in [0.3, 0.4) is 0 Å². The van der Waals surface area contributed by atoms with Crippen LogP contribution in [0.5, 0.6) is 0 Å². The average Bonchev–Trinajstić information content (AvgIpc) is 3.09. The number of benzene rings is 2. The molecule has 0 radical (unpaired) electrons. The number of carboxylic acid groups (broad SMARTS) is 1. The van der Waals surface area contributed by atoms with Gasteiger partial charge < -0.3 is 9.52 Å². The van der Waals surface area contributed by atoms with Gasteiger partial charge in [0.05, 0.1) is 27.4 Å². The second-order valence-corrected chi connectivity index (χ2v) is 7.09. The summed E-state index contributed by atoms with van der Waals surface area (Å²) in [6.45, 7) is 0. The van der Waals surface area contributed by atoms with Crippen LogP contribution in [-0.2, 0) is 10.0 Å². The summed E-state index contributed by atoms with van der Waals surface area (Å²) < 4.78 is 32.3. The number of anilines is 2. The van der Waals surface area contributed by atoms with E-state index in [-0.39, 0.29) is 21.4 Å². The van der Waals surface area contributed by atoms with Gasteiger partial charge >= 0.3 is 5.97 Å². The molecule has 0 amide bonds. The molecule has 0 aliphatic carbocycles. The molecule has 1 aromatic heterocycles. The Kier molecular flexibility index (Phi) is 4.47. The number of rotatable bonds is 5. The molecular formula is C16H11ClN2O5S. The summed E-state index contributed by atoms with van der Waals surface area (Å²) in [5.74, 6) is -1.36. The van der Waals surface area contributed by atoms with Crippen molar-refractivity contribution in [2.24, 2.45) is 0 Å². The van der Waals surface area contributed by atoms with Crippen LogP contribution in [0.4, 0.5) is 11.6 Å². The largest absolute Gasteiger partial charge is 0.478 e. The first kappa shape index (κ1) is 17.0. The third-order valence-electron chi connectivity index (χ3n) is 3.32. The molecule has 0 aliphatic heterocycles. The zero-order valence-corrected chi connectivity index (χ0v) is 14.1. The lowest BCUT2D eigenvalue weighted by molar-refractivity contribution is 0.0697. The summed E-state index contributed by atoms with van der Waals surface area (Å²) in [6, 6.07) is 11.7. The second-order valence-electron chi connectivity index (χ2n) is 4.89. The van der Waals surface area contributed by atoms with Crippen molar-refractivity contribution in [3.05, 3.63) is 71.7 Å². The van der Waals surface area contributed by atoms with Crippen LogP contribution in [0.25, 0.3) is 0 Å². The third-order valence-corrected chi connectivity index (χ3v) is 5.37. The number of carboxylic acids is 1. The molecule has 128 valence electrons. The number of hydrogen-bond donors (Lipinski definition) is 1. The SMILES string of the molecule is O=C(O)c1cc(S(=O)(=O)N(c2ccccc2)c2cnco2)ccc1Cl. The maximum atomic E-state index is 13.1. The fourth-order valence-corrected chi connectivity index (χ4v) is 3.83. The number of para-hydroxylation sites is 1. The predicted molar refractivity (Wildman–Crippen MR) is 90.7 cm³/mol. The summed E-state index contributed by atoms with van der Waals surface area (Å²) in [7, 11) is -4.17. The van der Waals surface area contributed by atoms with Gasteiger partial charge in [-0.25, -0.2) is 22.5 Å². The Morgan fingerprint density at radius 2 is 1.88 bits per heavy atom. The van der Waals surface area contributed by atoms with E-state index >= 15 is 0 Å². The zero-order valence-electron chi connectivity index (χ0n) is 12.5. The maximum absolute atomic E-state index is 13.1. The van der Waals surface area contributed by atoms with E-state index in [1.165, 1.54) is 18.3 Å². The Labute approximate surface area is 148 Å². The van der Waals surface area contributed by atoms with Crippen molar-refractivity contribution >= 4 is 39.2 Å². The van der Waals surface area contributed by atoms with Gasteiger partial charge in [0.15, 0.2) is 6.39 Å². The van der Waals surface area contributed by atoms with Crippen LogP contribution in [-0.4, -0.2) is 24.5 Å². The Bertz CT molecular complexity index is 1000. The molecule has 3 rings (SSSR count). The number of hydrogen-bond acceptors (Lipinski definition) is 5. The molecule has 25 heavy (non-hydrogen) atoms. The molecule has 0 atom stereocenters. The van der Waals surface area contributed by atoms with Crippen LogP contribution < -0.4 is 4.31 Å². The fraction of sp³-hybridized carbons (Fsp3) is 0. The molecule has 0 aliphatic rings. The van der Waals surface area contributed by atoms with Crippen molar-refractivity contribution in [3.63, 3.8) is 0 Å². The molecule has 7 nitrogen and oxygen atoms in total. The molecule has 9 heteroatoms. The molecular weight excluding hydrogens is 368 g/mol. The minimum Gasteiger partial charge on any atom is -0.478 e. The van der Waals surface area contributed by atoms with Crippen LogP contribution in [0.15, 0.2) is 70.4 Å². The minimum absolute atomic E-state index is 0.0296. The highest BCUT2D eigenvalue weighted by Crippen LogP contribution is 2.33. The molecule has 1 N–H and O–H groups in total. The van der Waals surface area contributed by atoms with E-state index in [1.807, 2.05) is 0 Å². The van der Waals surface area contributed by atoms with Gasteiger partial charge in [0.2, 0.25) is 5.88 Å². The van der Waals surface area contributed by atoms with E-state index < -0.39 is 16.0 Å². The number of carbonyl (C=O) groups is 1. The zero-order chi connectivity index (χ0) is 18.0. The molecule has 0 saturated carbocycles. The van der Waals surface area contributed by atoms with Crippen LogP contribution in [0.2, 0.25) is 5.02 Å². The monoisotopic (exact) mass is 378 g/mol. The van der Waals surface area contributed by atoms with Gasteiger partial charge in [-0.15, -0.1) is 0 Å². The lowest BCUT2D eigenvalue weighted by Crippen LogP contribution is -2.26. The maximum Gasteiger partial charge on any atom is 0.337 e. The van der Waals surface area contributed by atoms with Gasteiger partial charge in [0.1, 0.15) is 0 Å². The Morgan fingerprint density at radius 1 is 1.16 bits per heavy atom. The lowest BCUT2D eigenvalue weighted by atomic mass is 10.2. The third kappa shape index (κ3) is 3.21. The molecule has 0 unspecified atom stereocenters. The van der Waals surface area contributed by atoms with Crippen molar-refractivity contribution in [2.45, 2.75) is 4.90 Å². The Morgan fingerprint density at radius 3 is 2.48 bits per heavy atom. The van der Waals surface area contributed by atoms with Gasteiger partial charge in [-0.2, -0.15) is 0 Å². The number of nitrogens with zero attached hydrogens (tertiary/aromatic N) is 2. The Hall–Kier alpha value is -2.84. The first-order valence-electron chi connectivity index (χ1n) is 6.93. The normalized spacial score (nSPS) is 11.2. The topological polar surface area (TPSA) is 101 Å². The number of aromatic nitrogens is 1. The highest BCUT2D eigenvalue weighted by atomic mass is 35.5. The van der Waals surface area contributed by atoms with E-state index in [2.05, 4.69) is 4.98 Å². The first-order valence-corrected chi connectivity index (χ1v) is 8.75. The van der Waals surface area contributed by atoms with Gasteiger partial charge in [-0.3, -0.25) is 0 Å². The molecule has 0 saturated heterocycles. The molecule has 3 aromatic rings. The first-order chi connectivity index (χ1) is 11.9. The predicted octanol–water partition coefficient (Wildman–Crippen LogP) is 3.55. The second kappa shape index (κ2) is 6.58. The molecule has 2 aromatic carbocycles. The molecule has 0 bridgehead atoms. The van der Waals surface area contributed by atoms with Crippen molar-refractivity contribution in [1.29, 1.82) is 0 Å². The van der Waals surface area contributed by atoms with E-state index in [9.17, 15) is 18.3 Å². The summed E-state index contributed by atoms with van der Waals surface area (Å²) in [6.07, 6.45) is 2.35. The van der Waals surface area contributed by atoms with E-state index in [0.29, 0.717) is 5.69 Å².